The van der Waals surface area contributed by atoms with Gasteiger partial charge in [-0.25, -0.2) is 0 Å². The lowest BCUT2D eigenvalue weighted by molar-refractivity contribution is -0.136. The van der Waals surface area contributed by atoms with Crippen molar-refractivity contribution in [1.82, 2.24) is 9.80 Å². The van der Waals surface area contributed by atoms with Gasteiger partial charge in [-0.05, 0) is 43.2 Å². The summed E-state index contributed by atoms with van der Waals surface area (Å²) in [6.45, 7) is 15.6. The maximum atomic E-state index is 12.9. The second kappa shape index (κ2) is 12.5. The number of ether oxygens (including phenoxy) is 1. The fourth-order valence-corrected chi connectivity index (χ4v) is 5.51. The lowest BCUT2D eigenvalue weighted by Gasteiger charge is -2.42. The third-order valence-electron chi connectivity index (χ3n) is 8.20. The van der Waals surface area contributed by atoms with Crippen LogP contribution in [-0.4, -0.2) is 41.4 Å². The summed E-state index contributed by atoms with van der Waals surface area (Å²) < 4.78 is 6.56. The lowest BCUT2D eigenvalue weighted by Crippen LogP contribution is -2.53. The van der Waals surface area contributed by atoms with Gasteiger partial charge in [0.2, 0.25) is 5.91 Å². The van der Waals surface area contributed by atoms with Gasteiger partial charge in [0.1, 0.15) is 6.10 Å². The Morgan fingerprint density at radius 1 is 1.12 bits per heavy atom. The number of rotatable bonds is 10. The molecule has 2 aliphatic rings. The van der Waals surface area contributed by atoms with Gasteiger partial charge in [0, 0.05) is 32.1 Å². The van der Waals surface area contributed by atoms with E-state index in [1.807, 2.05) is 0 Å². The first kappa shape index (κ1) is 25.6. The number of piperazine rings is 1. The van der Waals surface area contributed by atoms with E-state index in [0.717, 1.165) is 44.3 Å². The number of hydrogen-bond donors (Lipinski definition) is 0. The van der Waals surface area contributed by atoms with Crippen LogP contribution in [0, 0.1) is 17.8 Å². The molecule has 0 radical (unpaired) electrons. The van der Waals surface area contributed by atoms with Gasteiger partial charge >= 0.3 is 0 Å². The SMILES string of the molecule is C=C(OC(c1ccccc1)C(C)C(C)CC)N1CCN(C(=O)CCC2CCCCC2)C(C)C1. The van der Waals surface area contributed by atoms with E-state index in [4.69, 9.17) is 4.74 Å². The Bertz CT molecular complexity index is 743. The summed E-state index contributed by atoms with van der Waals surface area (Å²) in [5, 5.41) is 0. The molecule has 184 valence electrons. The van der Waals surface area contributed by atoms with Gasteiger partial charge in [-0.15, -0.1) is 0 Å². The first-order valence-electron chi connectivity index (χ1n) is 13.4. The van der Waals surface area contributed by atoms with Crippen molar-refractivity contribution in [2.75, 3.05) is 19.6 Å². The van der Waals surface area contributed by atoms with Crippen LogP contribution in [0.25, 0.3) is 0 Å². The van der Waals surface area contributed by atoms with Gasteiger partial charge in [0.15, 0.2) is 5.88 Å². The molecule has 1 heterocycles. The molecule has 1 amide bonds. The largest absolute Gasteiger partial charge is 0.471 e. The molecule has 0 aromatic heterocycles. The monoisotopic (exact) mass is 454 g/mol. The van der Waals surface area contributed by atoms with E-state index >= 15 is 0 Å². The number of carbonyl (C=O) groups is 1. The molecule has 1 saturated heterocycles. The summed E-state index contributed by atoms with van der Waals surface area (Å²) in [7, 11) is 0. The molecule has 1 aliphatic carbocycles. The molecular formula is C29H46N2O2. The fourth-order valence-electron chi connectivity index (χ4n) is 5.51. The Kier molecular flexibility index (Phi) is 9.70. The summed E-state index contributed by atoms with van der Waals surface area (Å²) in [5.41, 5.74) is 1.20. The van der Waals surface area contributed by atoms with Gasteiger partial charge in [-0.3, -0.25) is 4.79 Å². The Labute approximate surface area is 202 Å². The van der Waals surface area contributed by atoms with Crippen molar-refractivity contribution in [3.8, 4) is 0 Å². The van der Waals surface area contributed by atoms with Crippen LogP contribution in [0.5, 0.6) is 0 Å². The average molecular weight is 455 g/mol. The molecule has 0 spiro atoms. The summed E-state index contributed by atoms with van der Waals surface area (Å²) in [4.78, 5) is 17.3. The molecule has 4 atom stereocenters. The molecule has 0 N–H and O–H groups in total. The molecule has 2 fully saturated rings. The zero-order valence-electron chi connectivity index (χ0n) is 21.5. The van der Waals surface area contributed by atoms with Crippen molar-refractivity contribution in [3.63, 3.8) is 0 Å². The van der Waals surface area contributed by atoms with Gasteiger partial charge < -0.3 is 14.5 Å². The second-order valence-electron chi connectivity index (χ2n) is 10.5. The molecule has 0 bridgehead atoms. The molecule has 1 aromatic carbocycles. The highest BCUT2D eigenvalue weighted by Gasteiger charge is 2.31. The number of carbonyl (C=O) groups excluding carboxylic acids is 1. The van der Waals surface area contributed by atoms with Crippen molar-refractivity contribution in [2.24, 2.45) is 17.8 Å². The highest BCUT2D eigenvalue weighted by molar-refractivity contribution is 5.76. The number of nitrogens with zero attached hydrogens (tertiary/aromatic N) is 2. The predicted molar refractivity (Wildman–Crippen MR) is 137 cm³/mol. The first-order chi connectivity index (χ1) is 15.9. The van der Waals surface area contributed by atoms with E-state index in [1.165, 1.54) is 37.7 Å². The molecule has 4 heteroatoms. The van der Waals surface area contributed by atoms with E-state index in [2.05, 4.69) is 74.4 Å². The van der Waals surface area contributed by atoms with Crippen LogP contribution in [-0.2, 0) is 9.53 Å². The van der Waals surface area contributed by atoms with Crippen LogP contribution in [0.1, 0.15) is 90.7 Å². The Balaban J connectivity index is 1.55. The van der Waals surface area contributed by atoms with Crippen molar-refractivity contribution in [1.29, 1.82) is 0 Å². The molecule has 3 rings (SSSR count). The maximum Gasteiger partial charge on any atom is 0.222 e. The van der Waals surface area contributed by atoms with Gasteiger partial charge in [0.05, 0.1) is 0 Å². The van der Waals surface area contributed by atoms with Crippen LogP contribution < -0.4 is 0 Å². The van der Waals surface area contributed by atoms with Crippen LogP contribution in [0.2, 0.25) is 0 Å². The molecule has 1 saturated carbocycles. The van der Waals surface area contributed by atoms with Crippen molar-refractivity contribution in [2.45, 2.75) is 91.2 Å². The summed E-state index contributed by atoms with van der Waals surface area (Å²) in [6.07, 6.45) is 9.56. The highest BCUT2D eigenvalue weighted by atomic mass is 16.5. The van der Waals surface area contributed by atoms with Crippen molar-refractivity contribution < 1.29 is 9.53 Å². The van der Waals surface area contributed by atoms with Gasteiger partial charge in [0.25, 0.3) is 0 Å². The zero-order chi connectivity index (χ0) is 23.8. The first-order valence-corrected chi connectivity index (χ1v) is 13.4. The summed E-state index contributed by atoms with van der Waals surface area (Å²) in [6, 6.07) is 10.7. The molecule has 4 nitrogen and oxygen atoms in total. The fraction of sp³-hybridized carbons (Fsp3) is 0.690. The van der Waals surface area contributed by atoms with Crippen molar-refractivity contribution >= 4 is 5.91 Å². The van der Waals surface area contributed by atoms with Crippen LogP contribution in [0.4, 0.5) is 0 Å². The number of benzene rings is 1. The maximum absolute atomic E-state index is 12.9. The van der Waals surface area contributed by atoms with Crippen molar-refractivity contribution in [3.05, 3.63) is 48.4 Å². The quantitative estimate of drug-likeness (QED) is 0.365. The van der Waals surface area contributed by atoms with Gasteiger partial charge in [-0.2, -0.15) is 0 Å². The lowest BCUT2D eigenvalue weighted by atomic mass is 9.85. The number of hydrogen-bond acceptors (Lipinski definition) is 3. The third kappa shape index (κ3) is 7.01. The highest BCUT2D eigenvalue weighted by Crippen LogP contribution is 2.35. The topological polar surface area (TPSA) is 32.8 Å². The van der Waals surface area contributed by atoms with E-state index in [-0.39, 0.29) is 12.1 Å². The summed E-state index contributed by atoms with van der Waals surface area (Å²) in [5.74, 6) is 2.76. The Hall–Kier alpha value is -1.97. The Morgan fingerprint density at radius 3 is 2.45 bits per heavy atom. The smallest absolute Gasteiger partial charge is 0.222 e. The molecular weight excluding hydrogens is 408 g/mol. The zero-order valence-corrected chi connectivity index (χ0v) is 21.5. The second-order valence-corrected chi connectivity index (χ2v) is 10.5. The van der Waals surface area contributed by atoms with E-state index in [9.17, 15) is 4.79 Å². The predicted octanol–water partition coefficient (Wildman–Crippen LogP) is 6.79. The molecule has 4 unspecified atom stereocenters. The summed E-state index contributed by atoms with van der Waals surface area (Å²) >= 11 is 0. The van der Waals surface area contributed by atoms with Crippen LogP contribution in [0.15, 0.2) is 42.8 Å². The average Bonchev–Trinajstić information content (AvgIpc) is 2.85. The van der Waals surface area contributed by atoms with Crippen LogP contribution in [0.3, 0.4) is 0 Å². The minimum atomic E-state index is -0.0147. The van der Waals surface area contributed by atoms with E-state index < -0.39 is 0 Å². The standard InChI is InChI=1S/C29H46N2O2/c1-6-22(2)24(4)29(27-15-11-8-12-16-27)33-25(5)30-19-20-31(23(3)21-30)28(32)18-17-26-13-9-7-10-14-26/h8,11-12,15-16,22-24,26,29H,5-7,9-10,13-14,17-21H2,1-4H3. The minimum absolute atomic E-state index is 0.0147. The van der Waals surface area contributed by atoms with Crippen LogP contribution >= 0.6 is 0 Å². The molecule has 33 heavy (non-hydrogen) atoms. The molecule has 1 aliphatic heterocycles. The Morgan fingerprint density at radius 2 is 1.82 bits per heavy atom. The van der Waals surface area contributed by atoms with Gasteiger partial charge in [-0.1, -0.05) is 89.6 Å². The van der Waals surface area contributed by atoms with E-state index in [0.29, 0.717) is 24.2 Å². The minimum Gasteiger partial charge on any atom is -0.471 e. The number of amides is 1. The van der Waals surface area contributed by atoms with E-state index in [1.54, 1.807) is 0 Å². The molecule has 1 aromatic rings. The normalized spacial score (nSPS) is 22.5. The third-order valence-corrected chi connectivity index (χ3v) is 8.20.